The standard InChI is InChI=1S/C22H27NO4/c1-22(2,3)27-21(25)23-15-19(14-17-10-6-4-7-11-17)20(24)26-16-18-12-8-5-9-13-18/h4-13,19H,14-16H2,1-3H3,(H,23,25)/t19-/m1/s1. The smallest absolute Gasteiger partial charge is 0.407 e. The number of esters is 1. The van der Waals surface area contributed by atoms with Gasteiger partial charge in [0, 0.05) is 6.54 Å². The summed E-state index contributed by atoms with van der Waals surface area (Å²) in [5, 5.41) is 2.68. The summed E-state index contributed by atoms with van der Waals surface area (Å²) >= 11 is 0. The van der Waals surface area contributed by atoms with Crippen LogP contribution in [0.25, 0.3) is 0 Å². The third kappa shape index (κ3) is 7.94. The monoisotopic (exact) mass is 369 g/mol. The zero-order valence-corrected chi connectivity index (χ0v) is 16.1. The molecule has 0 aliphatic carbocycles. The summed E-state index contributed by atoms with van der Waals surface area (Å²) in [5.74, 6) is -0.845. The molecular weight excluding hydrogens is 342 g/mol. The molecule has 0 saturated heterocycles. The summed E-state index contributed by atoms with van der Waals surface area (Å²) in [6, 6.07) is 19.2. The second-order valence-electron chi connectivity index (χ2n) is 7.36. The minimum atomic E-state index is -0.590. The molecule has 0 spiro atoms. The first kappa shape index (κ1) is 20.5. The van der Waals surface area contributed by atoms with Crippen molar-refractivity contribution < 1.29 is 19.1 Å². The zero-order valence-electron chi connectivity index (χ0n) is 16.1. The maximum Gasteiger partial charge on any atom is 0.407 e. The van der Waals surface area contributed by atoms with Crippen LogP contribution >= 0.6 is 0 Å². The Hall–Kier alpha value is -2.82. The number of nitrogens with one attached hydrogen (secondary N) is 1. The van der Waals surface area contributed by atoms with Gasteiger partial charge in [-0.1, -0.05) is 60.7 Å². The lowest BCUT2D eigenvalue weighted by Crippen LogP contribution is -2.38. The lowest BCUT2D eigenvalue weighted by molar-refractivity contribution is -0.149. The van der Waals surface area contributed by atoms with Gasteiger partial charge in [-0.15, -0.1) is 0 Å². The van der Waals surface area contributed by atoms with E-state index in [1.54, 1.807) is 20.8 Å². The van der Waals surface area contributed by atoms with E-state index in [9.17, 15) is 9.59 Å². The molecule has 1 amide bonds. The molecule has 0 heterocycles. The van der Waals surface area contributed by atoms with Crippen LogP contribution in [0.2, 0.25) is 0 Å². The largest absolute Gasteiger partial charge is 0.461 e. The van der Waals surface area contributed by atoms with Gasteiger partial charge >= 0.3 is 12.1 Å². The van der Waals surface area contributed by atoms with Crippen LogP contribution in [0.4, 0.5) is 4.79 Å². The number of alkyl carbamates (subject to hydrolysis) is 1. The van der Waals surface area contributed by atoms with Gasteiger partial charge in [-0.2, -0.15) is 0 Å². The van der Waals surface area contributed by atoms with E-state index in [0.29, 0.717) is 6.42 Å². The highest BCUT2D eigenvalue weighted by Crippen LogP contribution is 2.13. The molecule has 2 aromatic rings. The van der Waals surface area contributed by atoms with E-state index in [4.69, 9.17) is 9.47 Å². The molecule has 1 atom stereocenters. The van der Waals surface area contributed by atoms with Crippen LogP contribution in [-0.4, -0.2) is 24.2 Å². The molecule has 5 nitrogen and oxygen atoms in total. The van der Waals surface area contributed by atoms with Crippen LogP contribution < -0.4 is 5.32 Å². The van der Waals surface area contributed by atoms with E-state index in [-0.39, 0.29) is 19.1 Å². The molecule has 0 aliphatic rings. The Bertz CT molecular complexity index is 723. The van der Waals surface area contributed by atoms with Crippen molar-refractivity contribution in [3.05, 3.63) is 71.8 Å². The third-order valence-corrected chi connectivity index (χ3v) is 3.77. The normalized spacial score (nSPS) is 12.1. The minimum Gasteiger partial charge on any atom is -0.461 e. The maximum atomic E-state index is 12.6. The van der Waals surface area contributed by atoms with Crippen molar-refractivity contribution >= 4 is 12.1 Å². The fraction of sp³-hybridized carbons (Fsp3) is 0.364. The van der Waals surface area contributed by atoms with Gasteiger partial charge < -0.3 is 14.8 Å². The molecule has 2 rings (SSSR count). The first-order chi connectivity index (χ1) is 12.8. The van der Waals surface area contributed by atoms with Crippen LogP contribution in [0.15, 0.2) is 60.7 Å². The molecule has 1 N–H and O–H groups in total. The maximum absolute atomic E-state index is 12.6. The average molecular weight is 369 g/mol. The molecule has 27 heavy (non-hydrogen) atoms. The average Bonchev–Trinajstić information content (AvgIpc) is 2.63. The Morgan fingerprint density at radius 1 is 0.926 bits per heavy atom. The van der Waals surface area contributed by atoms with Gasteiger partial charge in [0.25, 0.3) is 0 Å². The van der Waals surface area contributed by atoms with Crippen LogP contribution in [0.5, 0.6) is 0 Å². The van der Waals surface area contributed by atoms with Crippen molar-refractivity contribution in [2.24, 2.45) is 5.92 Å². The number of amides is 1. The highest BCUT2D eigenvalue weighted by Gasteiger charge is 2.23. The Morgan fingerprint density at radius 3 is 2.04 bits per heavy atom. The van der Waals surface area contributed by atoms with E-state index in [1.807, 2.05) is 60.7 Å². The molecule has 0 unspecified atom stereocenters. The molecule has 0 fully saturated rings. The second kappa shape index (κ2) is 9.76. The fourth-order valence-electron chi connectivity index (χ4n) is 2.50. The number of ether oxygens (including phenoxy) is 2. The number of benzene rings is 2. The van der Waals surface area contributed by atoms with E-state index >= 15 is 0 Å². The van der Waals surface area contributed by atoms with Gasteiger partial charge in [0.05, 0.1) is 5.92 Å². The van der Waals surface area contributed by atoms with Gasteiger partial charge in [0.1, 0.15) is 12.2 Å². The van der Waals surface area contributed by atoms with Crippen LogP contribution in [0.1, 0.15) is 31.9 Å². The SMILES string of the molecule is CC(C)(C)OC(=O)NC[C@@H](Cc1ccccc1)C(=O)OCc1ccccc1. The van der Waals surface area contributed by atoms with Crippen molar-refractivity contribution in [1.82, 2.24) is 5.32 Å². The first-order valence-electron chi connectivity index (χ1n) is 9.05. The Labute approximate surface area is 160 Å². The zero-order chi connectivity index (χ0) is 19.7. The lowest BCUT2D eigenvalue weighted by Gasteiger charge is -2.21. The Morgan fingerprint density at radius 2 is 1.48 bits per heavy atom. The number of hydrogen-bond acceptors (Lipinski definition) is 4. The molecule has 0 aromatic heterocycles. The van der Waals surface area contributed by atoms with E-state index in [2.05, 4.69) is 5.32 Å². The Kier molecular flexibility index (Phi) is 7.41. The Balaban J connectivity index is 1.97. The van der Waals surface area contributed by atoms with E-state index < -0.39 is 17.6 Å². The minimum absolute atomic E-state index is 0.150. The predicted octanol–water partition coefficient (Wildman–Crippen LogP) is 4.11. The molecule has 0 aliphatic heterocycles. The van der Waals surface area contributed by atoms with Gasteiger partial charge in [-0.3, -0.25) is 4.79 Å². The van der Waals surface area contributed by atoms with E-state index in [1.165, 1.54) is 0 Å². The second-order valence-corrected chi connectivity index (χ2v) is 7.36. The van der Waals surface area contributed by atoms with Gasteiger partial charge in [0.2, 0.25) is 0 Å². The predicted molar refractivity (Wildman–Crippen MR) is 104 cm³/mol. The topological polar surface area (TPSA) is 64.6 Å². The van der Waals surface area contributed by atoms with Gasteiger partial charge in [-0.05, 0) is 38.3 Å². The van der Waals surface area contributed by atoms with Gasteiger partial charge in [0.15, 0.2) is 0 Å². The summed E-state index contributed by atoms with van der Waals surface area (Å²) in [7, 11) is 0. The lowest BCUT2D eigenvalue weighted by atomic mass is 9.99. The summed E-state index contributed by atoms with van der Waals surface area (Å²) in [6.45, 7) is 5.74. The molecule has 0 radical (unpaired) electrons. The highest BCUT2D eigenvalue weighted by molar-refractivity contribution is 5.74. The highest BCUT2D eigenvalue weighted by atomic mass is 16.6. The molecular formula is C22H27NO4. The van der Waals surface area contributed by atoms with Crippen LogP contribution in [0, 0.1) is 5.92 Å². The first-order valence-corrected chi connectivity index (χ1v) is 9.05. The van der Waals surface area contributed by atoms with Crippen LogP contribution in [-0.2, 0) is 27.3 Å². The number of carbonyl (C=O) groups is 2. The summed E-state index contributed by atoms with van der Waals surface area (Å²) < 4.78 is 10.7. The molecule has 144 valence electrons. The van der Waals surface area contributed by atoms with E-state index in [0.717, 1.165) is 11.1 Å². The van der Waals surface area contributed by atoms with Crippen LogP contribution in [0.3, 0.4) is 0 Å². The molecule has 0 bridgehead atoms. The number of carbonyl (C=O) groups excluding carboxylic acids is 2. The van der Waals surface area contributed by atoms with Crippen molar-refractivity contribution in [3.8, 4) is 0 Å². The quantitative estimate of drug-likeness (QED) is 0.746. The summed E-state index contributed by atoms with van der Waals surface area (Å²) in [6.07, 6.45) is -0.0685. The molecule has 5 heteroatoms. The summed E-state index contributed by atoms with van der Waals surface area (Å²) in [4.78, 5) is 24.5. The summed E-state index contributed by atoms with van der Waals surface area (Å²) in [5.41, 5.74) is 1.34. The molecule has 2 aromatic carbocycles. The number of hydrogen-bond donors (Lipinski definition) is 1. The molecule has 0 saturated carbocycles. The van der Waals surface area contributed by atoms with Crippen molar-refractivity contribution in [2.75, 3.05) is 6.54 Å². The fourth-order valence-corrected chi connectivity index (χ4v) is 2.50. The third-order valence-electron chi connectivity index (χ3n) is 3.77. The van der Waals surface area contributed by atoms with Gasteiger partial charge in [-0.25, -0.2) is 4.79 Å². The van der Waals surface area contributed by atoms with Crippen molar-refractivity contribution in [1.29, 1.82) is 0 Å². The van der Waals surface area contributed by atoms with Crippen molar-refractivity contribution in [3.63, 3.8) is 0 Å². The number of rotatable bonds is 7. The van der Waals surface area contributed by atoms with Crippen molar-refractivity contribution in [2.45, 2.75) is 39.4 Å².